The summed E-state index contributed by atoms with van der Waals surface area (Å²) in [7, 11) is 0. The van der Waals surface area contributed by atoms with Gasteiger partial charge in [-0.25, -0.2) is 0 Å². The van der Waals surface area contributed by atoms with Crippen LogP contribution in [0, 0.1) is 5.92 Å². The Bertz CT molecular complexity index is 412. The molecule has 2 aliphatic rings. The lowest BCUT2D eigenvalue weighted by Gasteiger charge is -2.27. The fraction of sp³-hybridized carbons (Fsp3) is 0.600. The Balaban J connectivity index is 1.77. The number of carbonyl (C=O) groups excluding carboxylic acids is 1. The first-order chi connectivity index (χ1) is 8.86. The van der Waals surface area contributed by atoms with Crippen molar-refractivity contribution in [1.29, 1.82) is 0 Å². The highest BCUT2D eigenvalue weighted by Crippen LogP contribution is 2.35. The number of nitrogens with zero attached hydrogens (tertiary/aromatic N) is 2. The normalized spacial score (nSPS) is 24.7. The van der Waals surface area contributed by atoms with Crippen LogP contribution in [0.2, 0.25) is 0 Å². The average molecular weight is 244 g/mol. The number of carbonyl (C=O) groups is 1. The van der Waals surface area contributed by atoms with E-state index in [2.05, 4.69) is 9.88 Å². The molecule has 1 aromatic rings. The highest BCUT2D eigenvalue weighted by atomic mass is 16.2. The van der Waals surface area contributed by atoms with Gasteiger partial charge in [0.1, 0.15) is 0 Å². The van der Waals surface area contributed by atoms with Crippen LogP contribution in [0.5, 0.6) is 0 Å². The molecule has 1 aliphatic heterocycles. The minimum Gasteiger partial charge on any atom is -0.335 e. The molecule has 2 heterocycles. The molecule has 1 saturated carbocycles. The molecule has 1 unspecified atom stereocenters. The molecule has 0 N–H and O–H groups in total. The van der Waals surface area contributed by atoms with Crippen molar-refractivity contribution in [3.8, 4) is 0 Å². The fourth-order valence-electron chi connectivity index (χ4n) is 3.37. The maximum Gasteiger partial charge on any atom is 0.226 e. The standard InChI is InChI=1S/C15H20N2O/c18-15(13-4-1-2-5-13)17-11-3-6-14(17)12-7-9-16-10-8-12/h7-10,13-14H,1-6,11H2. The van der Waals surface area contributed by atoms with Crippen molar-refractivity contribution in [2.75, 3.05) is 6.54 Å². The van der Waals surface area contributed by atoms with Gasteiger partial charge in [-0.15, -0.1) is 0 Å². The van der Waals surface area contributed by atoms with E-state index in [4.69, 9.17) is 0 Å². The van der Waals surface area contributed by atoms with Crippen LogP contribution in [-0.2, 0) is 4.79 Å². The number of hydrogen-bond donors (Lipinski definition) is 0. The summed E-state index contributed by atoms with van der Waals surface area (Å²) in [6.07, 6.45) is 10.5. The molecule has 1 amide bonds. The summed E-state index contributed by atoms with van der Waals surface area (Å²) in [6.45, 7) is 0.933. The third-order valence-corrected chi connectivity index (χ3v) is 4.33. The van der Waals surface area contributed by atoms with Crippen LogP contribution in [0.3, 0.4) is 0 Å². The maximum absolute atomic E-state index is 12.5. The van der Waals surface area contributed by atoms with E-state index in [1.807, 2.05) is 24.5 Å². The molecule has 0 radical (unpaired) electrons. The van der Waals surface area contributed by atoms with E-state index in [1.54, 1.807) is 0 Å². The second kappa shape index (κ2) is 5.09. The van der Waals surface area contributed by atoms with Crippen LogP contribution in [0.25, 0.3) is 0 Å². The second-order valence-corrected chi connectivity index (χ2v) is 5.45. The van der Waals surface area contributed by atoms with Crippen molar-refractivity contribution >= 4 is 5.91 Å². The summed E-state index contributed by atoms with van der Waals surface area (Å²) >= 11 is 0. The van der Waals surface area contributed by atoms with Crippen LogP contribution < -0.4 is 0 Å². The number of aromatic nitrogens is 1. The largest absolute Gasteiger partial charge is 0.335 e. The Kier molecular flexibility index (Phi) is 3.31. The predicted molar refractivity (Wildman–Crippen MR) is 69.9 cm³/mol. The molecule has 96 valence electrons. The number of likely N-dealkylation sites (tertiary alicyclic amines) is 1. The summed E-state index contributed by atoms with van der Waals surface area (Å²) in [5, 5.41) is 0. The van der Waals surface area contributed by atoms with Gasteiger partial charge < -0.3 is 4.90 Å². The van der Waals surface area contributed by atoms with Crippen LogP contribution in [-0.4, -0.2) is 22.3 Å². The summed E-state index contributed by atoms with van der Waals surface area (Å²) in [4.78, 5) is 18.7. The zero-order valence-corrected chi connectivity index (χ0v) is 10.7. The van der Waals surface area contributed by atoms with Gasteiger partial charge >= 0.3 is 0 Å². The van der Waals surface area contributed by atoms with E-state index >= 15 is 0 Å². The van der Waals surface area contributed by atoms with Gasteiger partial charge in [0, 0.05) is 24.9 Å². The van der Waals surface area contributed by atoms with E-state index in [0.29, 0.717) is 17.9 Å². The maximum atomic E-state index is 12.5. The highest BCUT2D eigenvalue weighted by Gasteiger charge is 2.34. The first kappa shape index (κ1) is 11.7. The number of rotatable bonds is 2. The Morgan fingerprint density at radius 2 is 1.83 bits per heavy atom. The molecule has 1 aromatic heterocycles. The molecule has 2 fully saturated rings. The SMILES string of the molecule is O=C(C1CCCC1)N1CCCC1c1ccncc1. The van der Waals surface area contributed by atoms with E-state index in [9.17, 15) is 4.79 Å². The molecular weight excluding hydrogens is 224 g/mol. The van der Waals surface area contributed by atoms with Crippen molar-refractivity contribution < 1.29 is 4.79 Å². The molecule has 1 atom stereocenters. The number of amides is 1. The Morgan fingerprint density at radius 3 is 2.56 bits per heavy atom. The third-order valence-electron chi connectivity index (χ3n) is 4.33. The van der Waals surface area contributed by atoms with Crippen LogP contribution in [0.15, 0.2) is 24.5 Å². The average Bonchev–Trinajstić information content (AvgIpc) is 3.10. The molecule has 3 heteroatoms. The zero-order valence-electron chi connectivity index (χ0n) is 10.7. The van der Waals surface area contributed by atoms with Crippen LogP contribution >= 0.6 is 0 Å². The van der Waals surface area contributed by atoms with E-state index in [-0.39, 0.29) is 0 Å². The smallest absolute Gasteiger partial charge is 0.226 e. The van der Waals surface area contributed by atoms with Crippen molar-refractivity contribution in [3.05, 3.63) is 30.1 Å². The van der Waals surface area contributed by atoms with Crippen molar-refractivity contribution in [1.82, 2.24) is 9.88 Å². The number of pyridine rings is 1. The summed E-state index contributed by atoms with van der Waals surface area (Å²) in [5.74, 6) is 0.694. The predicted octanol–water partition coefficient (Wildman–Crippen LogP) is 2.94. The number of hydrogen-bond acceptors (Lipinski definition) is 2. The second-order valence-electron chi connectivity index (χ2n) is 5.45. The lowest BCUT2D eigenvalue weighted by Crippen LogP contribution is -2.34. The highest BCUT2D eigenvalue weighted by molar-refractivity contribution is 5.79. The lowest BCUT2D eigenvalue weighted by molar-refractivity contribution is -0.136. The molecule has 0 aromatic carbocycles. The first-order valence-electron chi connectivity index (χ1n) is 7.06. The van der Waals surface area contributed by atoms with Crippen LogP contribution in [0.1, 0.15) is 50.1 Å². The molecule has 1 aliphatic carbocycles. The molecule has 3 rings (SSSR count). The summed E-state index contributed by atoms with van der Waals surface area (Å²) in [5.41, 5.74) is 1.24. The topological polar surface area (TPSA) is 33.2 Å². The van der Waals surface area contributed by atoms with E-state index in [1.165, 1.54) is 18.4 Å². The summed E-state index contributed by atoms with van der Waals surface area (Å²) < 4.78 is 0. The van der Waals surface area contributed by atoms with Gasteiger partial charge in [0.15, 0.2) is 0 Å². The molecular formula is C15H20N2O. The van der Waals surface area contributed by atoms with E-state index < -0.39 is 0 Å². The van der Waals surface area contributed by atoms with Crippen molar-refractivity contribution in [3.63, 3.8) is 0 Å². The molecule has 0 spiro atoms. The van der Waals surface area contributed by atoms with Gasteiger partial charge in [0.2, 0.25) is 5.91 Å². The minimum absolute atomic E-state index is 0.293. The van der Waals surface area contributed by atoms with Gasteiger partial charge in [-0.1, -0.05) is 12.8 Å². The quantitative estimate of drug-likeness (QED) is 0.801. The Morgan fingerprint density at radius 1 is 1.11 bits per heavy atom. The van der Waals surface area contributed by atoms with Crippen molar-refractivity contribution in [2.24, 2.45) is 5.92 Å². The summed E-state index contributed by atoms with van der Waals surface area (Å²) in [6, 6.07) is 4.39. The van der Waals surface area contributed by atoms with Gasteiger partial charge in [0.05, 0.1) is 6.04 Å². The molecule has 1 saturated heterocycles. The first-order valence-corrected chi connectivity index (χ1v) is 7.06. The molecule has 18 heavy (non-hydrogen) atoms. The molecule has 0 bridgehead atoms. The lowest BCUT2D eigenvalue weighted by atomic mass is 10.0. The van der Waals surface area contributed by atoms with Crippen LogP contribution in [0.4, 0.5) is 0 Å². The van der Waals surface area contributed by atoms with Gasteiger partial charge in [-0.05, 0) is 43.4 Å². The van der Waals surface area contributed by atoms with Gasteiger partial charge in [-0.2, -0.15) is 0 Å². The Hall–Kier alpha value is -1.38. The zero-order chi connectivity index (χ0) is 12.4. The van der Waals surface area contributed by atoms with E-state index in [0.717, 1.165) is 32.2 Å². The Labute approximate surface area is 108 Å². The fourth-order valence-corrected chi connectivity index (χ4v) is 3.37. The van der Waals surface area contributed by atoms with Gasteiger partial charge in [-0.3, -0.25) is 9.78 Å². The van der Waals surface area contributed by atoms with Crippen molar-refractivity contribution in [2.45, 2.75) is 44.6 Å². The monoisotopic (exact) mass is 244 g/mol. The third kappa shape index (κ3) is 2.14. The molecule has 3 nitrogen and oxygen atoms in total. The minimum atomic E-state index is 0.293. The van der Waals surface area contributed by atoms with Gasteiger partial charge in [0.25, 0.3) is 0 Å².